The van der Waals surface area contributed by atoms with Crippen molar-refractivity contribution in [2.45, 2.75) is 50.2 Å². The van der Waals surface area contributed by atoms with Gasteiger partial charge in [-0.25, -0.2) is 0 Å². The molecule has 1 saturated heterocycles. The van der Waals surface area contributed by atoms with Crippen LogP contribution in [0.25, 0.3) is 0 Å². The molecule has 3 unspecified atom stereocenters. The van der Waals surface area contributed by atoms with Crippen LogP contribution in [0.2, 0.25) is 5.02 Å². The number of hydrogen-bond acceptors (Lipinski definition) is 4. The van der Waals surface area contributed by atoms with Gasteiger partial charge >= 0.3 is 0 Å². The van der Waals surface area contributed by atoms with Gasteiger partial charge in [0.25, 0.3) is 0 Å². The molecule has 21 heavy (non-hydrogen) atoms. The Morgan fingerprint density at radius 2 is 2.10 bits per heavy atom. The molecule has 2 rings (SSSR count). The van der Waals surface area contributed by atoms with E-state index in [1.165, 1.54) is 17.2 Å². The molecule has 1 aliphatic rings. The van der Waals surface area contributed by atoms with Gasteiger partial charge in [-0.2, -0.15) is 28.6 Å². The summed E-state index contributed by atoms with van der Waals surface area (Å²) in [7, 11) is 2.01. The second-order valence-electron chi connectivity index (χ2n) is 5.46. The minimum absolute atomic E-state index is 0.459. The van der Waals surface area contributed by atoms with Crippen molar-refractivity contribution in [2.75, 3.05) is 18.1 Å². The molecule has 0 radical (unpaired) electrons. The van der Waals surface area contributed by atoms with E-state index in [0.29, 0.717) is 16.5 Å². The SMILES string of the molecule is CCNC(Cc1c(Cl)c(CC)nn1C)C1SCCSC1C. The van der Waals surface area contributed by atoms with Gasteiger partial charge in [0.2, 0.25) is 0 Å². The molecule has 0 bridgehead atoms. The van der Waals surface area contributed by atoms with Crippen molar-refractivity contribution in [1.29, 1.82) is 0 Å². The lowest BCUT2D eigenvalue weighted by Gasteiger charge is -2.35. The molecule has 1 N–H and O–H groups in total. The van der Waals surface area contributed by atoms with E-state index in [2.05, 4.69) is 54.7 Å². The number of hydrogen-bond donors (Lipinski definition) is 1. The van der Waals surface area contributed by atoms with Gasteiger partial charge < -0.3 is 5.32 Å². The Hall–Kier alpha value is 0.160. The standard InChI is InChI=1S/C15H26ClN3S2/c1-5-11-14(16)13(19(4)18-11)9-12(17-6-2)15-10(3)20-7-8-21-15/h10,12,15,17H,5-9H2,1-4H3. The third-order valence-electron chi connectivity index (χ3n) is 4.02. The monoisotopic (exact) mass is 347 g/mol. The number of aryl methyl sites for hydroxylation is 2. The Balaban J connectivity index is 2.17. The summed E-state index contributed by atoms with van der Waals surface area (Å²) < 4.78 is 1.97. The van der Waals surface area contributed by atoms with Gasteiger partial charge in [0.15, 0.2) is 0 Å². The minimum Gasteiger partial charge on any atom is -0.313 e. The smallest absolute Gasteiger partial charge is 0.0850 e. The Morgan fingerprint density at radius 1 is 1.38 bits per heavy atom. The van der Waals surface area contributed by atoms with Gasteiger partial charge in [-0.1, -0.05) is 32.4 Å². The molecular weight excluding hydrogens is 322 g/mol. The first-order valence-electron chi connectivity index (χ1n) is 7.75. The van der Waals surface area contributed by atoms with Gasteiger partial charge in [0, 0.05) is 41.5 Å². The first-order valence-corrected chi connectivity index (χ1v) is 10.2. The van der Waals surface area contributed by atoms with Crippen LogP contribution >= 0.6 is 35.1 Å². The number of likely N-dealkylation sites (N-methyl/N-ethyl adjacent to an activating group) is 1. The predicted octanol–water partition coefficient (Wildman–Crippen LogP) is 3.39. The van der Waals surface area contributed by atoms with E-state index in [9.17, 15) is 0 Å². The maximum Gasteiger partial charge on any atom is 0.0850 e. The second kappa shape index (κ2) is 8.14. The Morgan fingerprint density at radius 3 is 2.67 bits per heavy atom. The lowest BCUT2D eigenvalue weighted by Crippen LogP contribution is -2.46. The molecule has 0 aliphatic carbocycles. The van der Waals surface area contributed by atoms with Crippen LogP contribution in [-0.2, 0) is 19.9 Å². The molecule has 1 aromatic rings. The first-order chi connectivity index (χ1) is 10.1. The third kappa shape index (κ3) is 4.12. The van der Waals surface area contributed by atoms with Gasteiger partial charge in [-0.15, -0.1) is 0 Å². The summed E-state index contributed by atoms with van der Waals surface area (Å²) in [6, 6.07) is 0.459. The Kier molecular flexibility index (Phi) is 6.79. The van der Waals surface area contributed by atoms with Crippen LogP contribution in [0.5, 0.6) is 0 Å². The Bertz CT molecular complexity index is 464. The van der Waals surface area contributed by atoms with E-state index in [1.807, 2.05) is 11.7 Å². The average Bonchev–Trinajstić information content (AvgIpc) is 2.74. The summed E-state index contributed by atoms with van der Waals surface area (Å²) >= 11 is 10.7. The topological polar surface area (TPSA) is 29.9 Å². The zero-order valence-corrected chi connectivity index (χ0v) is 15.7. The van der Waals surface area contributed by atoms with E-state index in [1.54, 1.807) is 0 Å². The van der Waals surface area contributed by atoms with Crippen molar-refractivity contribution in [3.8, 4) is 0 Å². The predicted molar refractivity (Wildman–Crippen MR) is 96.9 cm³/mol. The molecule has 0 aromatic carbocycles. The highest BCUT2D eigenvalue weighted by Crippen LogP contribution is 2.35. The maximum atomic E-state index is 6.53. The summed E-state index contributed by atoms with van der Waals surface area (Å²) in [5, 5.41) is 10.4. The normalized spacial score (nSPS) is 24.2. The third-order valence-corrected chi connectivity index (χ3v) is 7.70. The van der Waals surface area contributed by atoms with Crippen LogP contribution in [0.15, 0.2) is 0 Å². The van der Waals surface area contributed by atoms with E-state index in [4.69, 9.17) is 11.6 Å². The van der Waals surface area contributed by atoms with Crippen LogP contribution in [-0.4, -0.2) is 44.4 Å². The number of nitrogens with one attached hydrogen (secondary N) is 1. The van der Waals surface area contributed by atoms with Crippen molar-refractivity contribution < 1.29 is 0 Å². The van der Waals surface area contributed by atoms with E-state index >= 15 is 0 Å². The van der Waals surface area contributed by atoms with Crippen LogP contribution in [0.3, 0.4) is 0 Å². The Labute approximate surface area is 142 Å². The molecule has 3 nitrogen and oxygen atoms in total. The molecule has 6 heteroatoms. The second-order valence-corrected chi connectivity index (χ2v) is 8.61. The molecule has 2 heterocycles. The molecule has 1 fully saturated rings. The number of thioether (sulfide) groups is 2. The number of aromatic nitrogens is 2. The fourth-order valence-electron chi connectivity index (χ4n) is 2.91. The summed E-state index contributed by atoms with van der Waals surface area (Å²) in [4.78, 5) is 0. The molecule has 0 amide bonds. The van der Waals surface area contributed by atoms with Crippen LogP contribution in [0.4, 0.5) is 0 Å². The summed E-state index contributed by atoms with van der Waals surface area (Å²) in [5.74, 6) is 2.52. The largest absolute Gasteiger partial charge is 0.313 e. The van der Waals surface area contributed by atoms with E-state index < -0.39 is 0 Å². The maximum absolute atomic E-state index is 6.53. The van der Waals surface area contributed by atoms with Crippen molar-refractivity contribution in [2.24, 2.45) is 7.05 Å². The van der Waals surface area contributed by atoms with Crippen LogP contribution < -0.4 is 5.32 Å². The van der Waals surface area contributed by atoms with Crippen molar-refractivity contribution in [3.05, 3.63) is 16.4 Å². The first kappa shape index (κ1) is 17.5. The minimum atomic E-state index is 0.459. The lowest BCUT2D eigenvalue weighted by atomic mass is 10.0. The molecule has 0 saturated carbocycles. The highest BCUT2D eigenvalue weighted by atomic mass is 35.5. The lowest BCUT2D eigenvalue weighted by molar-refractivity contribution is 0.486. The van der Waals surface area contributed by atoms with Gasteiger partial charge in [0.05, 0.1) is 16.4 Å². The molecule has 1 aromatic heterocycles. The highest BCUT2D eigenvalue weighted by Gasteiger charge is 2.31. The van der Waals surface area contributed by atoms with E-state index in [-0.39, 0.29) is 0 Å². The summed E-state index contributed by atoms with van der Waals surface area (Å²) in [6.07, 6.45) is 1.85. The number of halogens is 1. The van der Waals surface area contributed by atoms with Crippen molar-refractivity contribution in [1.82, 2.24) is 15.1 Å². The average molecular weight is 348 g/mol. The van der Waals surface area contributed by atoms with Crippen molar-refractivity contribution >= 4 is 35.1 Å². The van der Waals surface area contributed by atoms with Crippen LogP contribution in [0.1, 0.15) is 32.2 Å². The molecular formula is C15H26ClN3S2. The molecule has 3 atom stereocenters. The number of rotatable bonds is 6. The number of nitrogens with zero attached hydrogens (tertiary/aromatic N) is 2. The van der Waals surface area contributed by atoms with Gasteiger partial charge in [-0.05, 0) is 13.0 Å². The molecule has 1 aliphatic heterocycles. The van der Waals surface area contributed by atoms with Gasteiger partial charge in [0.1, 0.15) is 0 Å². The highest BCUT2D eigenvalue weighted by molar-refractivity contribution is 8.07. The zero-order chi connectivity index (χ0) is 15.4. The molecule has 0 spiro atoms. The fraction of sp³-hybridized carbons (Fsp3) is 0.800. The van der Waals surface area contributed by atoms with E-state index in [0.717, 1.165) is 30.1 Å². The van der Waals surface area contributed by atoms with Gasteiger partial charge in [-0.3, -0.25) is 4.68 Å². The fourth-order valence-corrected chi connectivity index (χ4v) is 6.24. The summed E-state index contributed by atoms with van der Waals surface area (Å²) in [6.45, 7) is 7.64. The zero-order valence-electron chi connectivity index (χ0n) is 13.4. The quantitative estimate of drug-likeness (QED) is 0.854. The molecule has 120 valence electrons. The van der Waals surface area contributed by atoms with Crippen LogP contribution in [0, 0.1) is 0 Å². The summed E-state index contributed by atoms with van der Waals surface area (Å²) in [5.41, 5.74) is 2.19. The van der Waals surface area contributed by atoms with Crippen molar-refractivity contribution in [3.63, 3.8) is 0 Å².